The second-order valence-corrected chi connectivity index (χ2v) is 6.02. The first-order chi connectivity index (χ1) is 9.99. The van der Waals surface area contributed by atoms with Crippen molar-refractivity contribution in [3.05, 3.63) is 38.9 Å². The van der Waals surface area contributed by atoms with E-state index in [1.807, 2.05) is 0 Å². The fourth-order valence-corrected chi connectivity index (χ4v) is 3.74. The Bertz CT molecular complexity index is 593. The molecule has 2 bridgehead atoms. The Morgan fingerprint density at radius 3 is 2.52 bits per heavy atom. The van der Waals surface area contributed by atoms with Gasteiger partial charge < -0.3 is 10.0 Å². The highest BCUT2D eigenvalue weighted by atomic mass is 35.5. The Hall–Kier alpha value is -1.66. The SMILES string of the molecule is O=C(c1cccc(Cl)c1[N+](=O)[O-])N1C2CCC1CC(O)C2. The van der Waals surface area contributed by atoms with E-state index in [-0.39, 0.29) is 40.4 Å². The second-order valence-electron chi connectivity index (χ2n) is 5.62. The summed E-state index contributed by atoms with van der Waals surface area (Å²) in [5.41, 5.74) is -0.310. The minimum atomic E-state index is -0.615. The number of hydrogen-bond donors (Lipinski definition) is 1. The third-order valence-electron chi connectivity index (χ3n) is 4.34. The molecule has 1 N–H and O–H groups in total. The van der Waals surface area contributed by atoms with Crippen molar-refractivity contribution >= 4 is 23.2 Å². The molecule has 0 aromatic heterocycles. The average Bonchev–Trinajstić information content (AvgIpc) is 2.69. The first-order valence-corrected chi connectivity index (χ1v) is 7.30. The molecule has 2 aliphatic rings. The fourth-order valence-electron chi connectivity index (χ4n) is 3.49. The number of hydrogen-bond acceptors (Lipinski definition) is 4. The first kappa shape index (κ1) is 14.3. The van der Waals surface area contributed by atoms with Crippen molar-refractivity contribution in [2.24, 2.45) is 0 Å². The number of nitro benzene ring substituents is 1. The predicted molar refractivity (Wildman–Crippen MR) is 76.3 cm³/mol. The van der Waals surface area contributed by atoms with E-state index in [1.165, 1.54) is 12.1 Å². The van der Waals surface area contributed by atoms with Crippen LogP contribution in [-0.4, -0.2) is 39.0 Å². The van der Waals surface area contributed by atoms with Gasteiger partial charge in [0.2, 0.25) is 0 Å². The number of benzene rings is 1. The topological polar surface area (TPSA) is 83.7 Å². The molecule has 2 atom stereocenters. The molecule has 112 valence electrons. The number of carbonyl (C=O) groups is 1. The lowest BCUT2D eigenvalue weighted by Crippen LogP contribution is -2.48. The van der Waals surface area contributed by atoms with Crippen molar-refractivity contribution in [1.29, 1.82) is 0 Å². The van der Waals surface area contributed by atoms with Crippen LogP contribution < -0.4 is 0 Å². The molecule has 1 amide bonds. The molecule has 1 aromatic rings. The molecule has 3 rings (SSSR count). The minimum Gasteiger partial charge on any atom is -0.393 e. The number of carbonyl (C=O) groups excluding carboxylic acids is 1. The maximum Gasteiger partial charge on any atom is 0.300 e. The predicted octanol–water partition coefficient (Wildman–Crippen LogP) is 2.38. The quantitative estimate of drug-likeness (QED) is 0.671. The molecule has 2 fully saturated rings. The number of nitrogens with zero attached hydrogens (tertiary/aromatic N) is 2. The maximum absolute atomic E-state index is 12.7. The summed E-state index contributed by atoms with van der Waals surface area (Å²) in [4.78, 5) is 25.0. The van der Waals surface area contributed by atoms with E-state index in [9.17, 15) is 20.0 Å². The highest BCUT2D eigenvalue weighted by molar-refractivity contribution is 6.33. The Labute approximate surface area is 126 Å². The molecule has 0 aliphatic carbocycles. The van der Waals surface area contributed by atoms with Crippen molar-refractivity contribution in [2.75, 3.05) is 0 Å². The molecule has 0 spiro atoms. The van der Waals surface area contributed by atoms with Crippen LogP contribution in [0.4, 0.5) is 5.69 Å². The van der Waals surface area contributed by atoms with Gasteiger partial charge in [-0.25, -0.2) is 0 Å². The van der Waals surface area contributed by atoms with Crippen LogP contribution in [0.5, 0.6) is 0 Å². The Morgan fingerprint density at radius 2 is 1.95 bits per heavy atom. The van der Waals surface area contributed by atoms with Gasteiger partial charge >= 0.3 is 5.69 Å². The molecule has 2 heterocycles. The van der Waals surface area contributed by atoms with Gasteiger partial charge in [-0.1, -0.05) is 17.7 Å². The number of aliphatic hydroxyl groups excluding tert-OH is 1. The smallest absolute Gasteiger partial charge is 0.300 e. The van der Waals surface area contributed by atoms with E-state index >= 15 is 0 Å². The number of rotatable bonds is 2. The summed E-state index contributed by atoms with van der Waals surface area (Å²) >= 11 is 5.87. The molecule has 21 heavy (non-hydrogen) atoms. The Kier molecular flexibility index (Phi) is 3.59. The third-order valence-corrected chi connectivity index (χ3v) is 4.65. The van der Waals surface area contributed by atoms with Crippen LogP contribution in [-0.2, 0) is 0 Å². The third kappa shape index (κ3) is 2.38. The van der Waals surface area contributed by atoms with Crippen LogP contribution in [0, 0.1) is 10.1 Å². The summed E-state index contributed by atoms with van der Waals surface area (Å²) in [6, 6.07) is 4.32. The normalized spacial score (nSPS) is 27.7. The van der Waals surface area contributed by atoms with Gasteiger partial charge in [0, 0.05) is 12.1 Å². The number of aliphatic hydroxyl groups is 1. The van der Waals surface area contributed by atoms with Crippen molar-refractivity contribution in [3.8, 4) is 0 Å². The van der Waals surface area contributed by atoms with Crippen LogP contribution >= 0.6 is 11.6 Å². The zero-order valence-electron chi connectivity index (χ0n) is 11.2. The number of nitro groups is 1. The molecule has 2 unspecified atom stereocenters. The first-order valence-electron chi connectivity index (χ1n) is 6.92. The fraction of sp³-hybridized carbons (Fsp3) is 0.500. The molecular weight excluding hydrogens is 296 g/mol. The summed E-state index contributed by atoms with van der Waals surface area (Å²) < 4.78 is 0. The van der Waals surface area contributed by atoms with Crippen LogP contribution in [0.2, 0.25) is 5.02 Å². The molecule has 2 saturated heterocycles. The number of amides is 1. The van der Waals surface area contributed by atoms with Gasteiger partial charge in [-0.2, -0.15) is 0 Å². The highest BCUT2D eigenvalue weighted by Gasteiger charge is 2.44. The standard InChI is InChI=1S/C14H15ClN2O4/c15-12-3-1-2-11(13(12)17(20)21)14(19)16-8-4-5-9(16)7-10(18)6-8/h1-3,8-10,18H,4-7H2. The molecule has 0 radical (unpaired) electrons. The average molecular weight is 311 g/mol. The van der Waals surface area contributed by atoms with Gasteiger partial charge in [0.05, 0.1) is 11.0 Å². The minimum absolute atomic E-state index is 0.0285. The molecule has 7 heteroatoms. The Balaban J connectivity index is 1.97. The lowest BCUT2D eigenvalue weighted by Gasteiger charge is -2.37. The van der Waals surface area contributed by atoms with Gasteiger partial charge in [0.15, 0.2) is 0 Å². The summed E-state index contributed by atoms with van der Waals surface area (Å²) in [5.74, 6) is -0.358. The van der Waals surface area contributed by atoms with Gasteiger partial charge in [0.1, 0.15) is 10.6 Å². The van der Waals surface area contributed by atoms with Crippen LogP contribution in [0.3, 0.4) is 0 Å². The van der Waals surface area contributed by atoms with E-state index in [0.717, 1.165) is 12.8 Å². The van der Waals surface area contributed by atoms with Gasteiger partial charge in [0.25, 0.3) is 5.91 Å². The molecule has 6 nitrogen and oxygen atoms in total. The zero-order valence-corrected chi connectivity index (χ0v) is 12.0. The van der Waals surface area contributed by atoms with Gasteiger partial charge in [-0.3, -0.25) is 14.9 Å². The van der Waals surface area contributed by atoms with E-state index in [1.54, 1.807) is 11.0 Å². The van der Waals surface area contributed by atoms with Gasteiger partial charge in [-0.05, 0) is 37.8 Å². The molecular formula is C14H15ClN2O4. The number of piperidine rings is 1. The van der Waals surface area contributed by atoms with E-state index in [2.05, 4.69) is 0 Å². The number of halogens is 1. The second kappa shape index (κ2) is 5.27. The molecule has 2 aliphatic heterocycles. The summed E-state index contributed by atoms with van der Waals surface area (Å²) in [6.07, 6.45) is 2.36. The van der Waals surface area contributed by atoms with Crippen molar-refractivity contribution < 1.29 is 14.8 Å². The van der Waals surface area contributed by atoms with E-state index < -0.39 is 4.92 Å². The lowest BCUT2D eigenvalue weighted by atomic mass is 9.98. The maximum atomic E-state index is 12.7. The van der Waals surface area contributed by atoms with Crippen LogP contribution in [0.1, 0.15) is 36.0 Å². The van der Waals surface area contributed by atoms with Crippen molar-refractivity contribution in [2.45, 2.75) is 43.9 Å². The highest BCUT2D eigenvalue weighted by Crippen LogP contribution is 2.38. The van der Waals surface area contributed by atoms with Crippen LogP contribution in [0.25, 0.3) is 0 Å². The summed E-state index contributed by atoms with van der Waals surface area (Å²) in [7, 11) is 0. The number of para-hydroxylation sites is 1. The van der Waals surface area contributed by atoms with Crippen LogP contribution in [0.15, 0.2) is 18.2 Å². The van der Waals surface area contributed by atoms with Crippen molar-refractivity contribution in [3.63, 3.8) is 0 Å². The largest absolute Gasteiger partial charge is 0.393 e. The summed E-state index contributed by atoms with van der Waals surface area (Å²) in [6.45, 7) is 0. The van der Waals surface area contributed by atoms with Crippen molar-refractivity contribution in [1.82, 2.24) is 4.90 Å². The van der Waals surface area contributed by atoms with E-state index in [0.29, 0.717) is 12.8 Å². The Morgan fingerprint density at radius 1 is 1.33 bits per heavy atom. The van der Waals surface area contributed by atoms with E-state index in [4.69, 9.17) is 11.6 Å². The molecule has 0 saturated carbocycles. The summed E-state index contributed by atoms with van der Waals surface area (Å²) in [5, 5.41) is 20.9. The number of fused-ring (bicyclic) bond motifs is 2. The monoisotopic (exact) mass is 310 g/mol. The lowest BCUT2D eigenvalue weighted by molar-refractivity contribution is -0.385. The van der Waals surface area contributed by atoms with Gasteiger partial charge in [-0.15, -0.1) is 0 Å². The molecule has 1 aromatic carbocycles. The zero-order chi connectivity index (χ0) is 15.1.